The minimum Gasteiger partial charge on any atom is -0.383 e. The van der Waals surface area contributed by atoms with Crippen LogP contribution >= 0.6 is 0 Å². The molecule has 0 atom stereocenters. The molecule has 18 heavy (non-hydrogen) atoms. The highest BCUT2D eigenvalue weighted by molar-refractivity contribution is 7.89. The number of sulfonamides is 1. The molecule has 0 aliphatic carbocycles. The molecular formula is C10H16N4O3S. The summed E-state index contributed by atoms with van der Waals surface area (Å²) in [5.74, 6) is -0.434. The van der Waals surface area contributed by atoms with Gasteiger partial charge in [0, 0.05) is 19.2 Å². The Balaban J connectivity index is 2.51. The molecule has 0 spiro atoms. The van der Waals surface area contributed by atoms with Gasteiger partial charge in [0.2, 0.25) is 15.9 Å². The zero-order chi connectivity index (χ0) is 13.6. The quantitative estimate of drug-likeness (QED) is 0.582. The van der Waals surface area contributed by atoms with Crippen molar-refractivity contribution in [3.8, 4) is 0 Å². The third-order valence-corrected chi connectivity index (χ3v) is 3.74. The summed E-state index contributed by atoms with van der Waals surface area (Å²) in [4.78, 5) is 14.2. The second-order valence-electron chi connectivity index (χ2n) is 3.71. The molecule has 0 aliphatic rings. The highest BCUT2D eigenvalue weighted by Gasteiger charge is 2.16. The van der Waals surface area contributed by atoms with Gasteiger partial charge in [-0.2, -0.15) is 0 Å². The largest absolute Gasteiger partial charge is 0.383 e. The van der Waals surface area contributed by atoms with Crippen LogP contribution < -0.4 is 16.2 Å². The van der Waals surface area contributed by atoms with Gasteiger partial charge in [-0.3, -0.25) is 4.79 Å². The Kier molecular flexibility index (Phi) is 5.05. The molecule has 5 N–H and O–H groups in total. The number of nitrogens with one attached hydrogen (secondary N) is 1. The van der Waals surface area contributed by atoms with Gasteiger partial charge < -0.3 is 11.5 Å². The zero-order valence-electron chi connectivity index (χ0n) is 9.80. The van der Waals surface area contributed by atoms with Gasteiger partial charge in [0.25, 0.3) is 0 Å². The first-order chi connectivity index (χ1) is 8.43. The van der Waals surface area contributed by atoms with Crippen LogP contribution in [0.15, 0.2) is 23.2 Å². The van der Waals surface area contributed by atoms with Crippen LogP contribution in [-0.2, 0) is 14.8 Å². The molecule has 0 fully saturated rings. The second kappa shape index (κ2) is 6.31. The molecular weight excluding hydrogens is 256 g/mol. The lowest BCUT2D eigenvalue weighted by molar-refractivity contribution is -0.118. The molecule has 8 heteroatoms. The number of unbranched alkanes of at least 4 members (excludes halogenated alkanes) is 1. The first-order valence-corrected chi connectivity index (χ1v) is 6.90. The lowest BCUT2D eigenvalue weighted by Gasteiger charge is -2.07. The highest BCUT2D eigenvalue weighted by atomic mass is 32.2. The summed E-state index contributed by atoms with van der Waals surface area (Å²) in [7, 11) is -3.65. The average molecular weight is 272 g/mol. The number of nitrogens with zero attached hydrogens (tertiary/aromatic N) is 1. The number of nitrogens with two attached hydrogens (primary N) is 2. The van der Waals surface area contributed by atoms with Crippen molar-refractivity contribution >= 4 is 21.7 Å². The van der Waals surface area contributed by atoms with Crippen LogP contribution in [0.3, 0.4) is 0 Å². The molecule has 0 radical (unpaired) electrons. The van der Waals surface area contributed by atoms with E-state index in [4.69, 9.17) is 11.5 Å². The van der Waals surface area contributed by atoms with Gasteiger partial charge in [0.1, 0.15) is 10.7 Å². The Morgan fingerprint density at radius 3 is 2.72 bits per heavy atom. The van der Waals surface area contributed by atoms with Crippen LogP contribution in [0, 0.1) is 0 Å². The Bertz CT molecular complexity index is 516. The number of carbonyl (C=O) groups is 1. The lowest BCUT2D eigenvalue weighted by Crippen LogP contribution is -2.26. The van der Waals surface area contributed by atoms with Gasteiger partial charge in [0.15, 0.2) is 0 Å². The fourth-order valence-corrected chi connectivity index (χ4v) is 2.49. The summed E-state index contributed by atoms with van der Waals surface area (Å²) in [6.45, 7) is 0.226. The topological polar surface area (TPSA) is 128 Å². The van der Waals surface area contributed by atoms with E-state index in [0.717, 1.165) is 0 Å². The number of nitrogen functional groups attached to an aromatic ring is 1. The second-order valence-corrected chi connectivity index (χ2v) is 5.44. The van der Waals surface area contributed by atoms with Gasteiger partial charge in [-0.25, -0.2) is 18.1 Å². The predicted molar refractivity (Wildman–Crippen MR) is 66.9 cm³/mol. The number of pyridine rings is 1. The van der Waals surface area contributed by atoms with Crippen molar-refractivity contribution in [3.63, 3.8) is 0 Å². The first-order valence-electron chi connectivity index (χ1n) is 5.42. The molecule has 0 bridgehead atoms. The maximum Gasteiger partial charge on any atom is 0.244 e. The van der Waals surface area contributed by atoms with E-state index in [1.54, 1.807) is 0 Å². The molecule has 1 amide bonds. The van der Waals surface area contributed by atoms with Crippen molar-refractivity contribution in [2.45, 2.75) is 24.2 Å². The number of rotatable bonds is 7. The smallest absolute Gasteiger partial charge is 0.244 e. The van der Waals surface area contributed by atoms with Crippen LogP contribution in [0.5, 0.6) is 0 Å². The van der Waals surface area contributed by atoms with Crippen molar-refractivity contribution in [2.24, 2.45) is 5.73 Å². The molecule has 1 aromatic rings. The van der Waals surface area contributed by atoms with Crippen LogP contribution in [0.2, 0.25) is 0 Å². The zero-order valence-corrected chi connectivity index (χ0v) is 10.6. The number of carbonyl (C=O) groups excluding carboxylic acids is 1. The Labute approximate surface area is 106 Å². The van der Waals surface area contributed by atoms with E-state index in [2.05, 4.69) is 9.71 Å². The number of primary amides is 1. The van der Waals surface area contributed by atoms with E-state index < -0.39 is 15.9 Å². The predicted octanol–water partition coefficient (Wildman–Crippen LogP) is -0.402. The summed E-state index contributed by atoms with van der Waals surface area (Å²) in [6, 6.07) is 2.88. The van der Waals surface area contributed by atoms with Crippen molar-refractivity contribution in [1.29, 1.82) is 0 Å². The van der Waals surface area contributed by atoms with Gasteiger partial charge >= 0.3 is 0 Å². The molecule has 0 aliphatic heterocycles. The number of anilines is 1. The molecule has 0 aromatic carbocycles. The summed E-state index contributed by atoms with van der Waals surface area (Å²) in [6.07, 6.45) is 2.74. The highest BCUT2D eigenvalue weighted by Crippen LogP contribution is 2.13. The van der Waals surface area contributed by atoms with Gasteiger partial charge in [0.05, 0.1) is 0 Å². The Morgan fingerprint density at radius 1 is 1.39 bits per heavy atom. The van der Waals surface area contributed by atoms with Crippen LogP contribution in [0.4, 0.5) is 5.82 Å². The van der Waals surface area contributed by atoms with Crippen molar-refractivity contribution in [3.05, 3.63) is 18.3 Å². The van der Waals surface area contributed by atoms with Crippen molar-refractivity contribution < 1.29 is 13.2 Å². The summed E-state index contributed by atoms with van der Waals surface area (Å²) >= 11 is 0. The third kappa shape index (κ3) is 4.30. The lowest BCUT2D eigenvalue weighted by atomic mass is 10.2. The minimum absolute atomic E-state index is 0.0397. The van der Waals surface area contributed by atoms with Gasteiger partial charge in [-0.15, -0.1) is 0 Å². The molecule has 1 aromatic heterocycles. The number of hydrogen-bond donors (Lipinski definition) is 3. The van der Waals surface area contributed by atoms with E-state index in [1.807, 2.05) is 0 Å². The molecule has 0 saturated carbocycles. The SMILES string of the molecule is NC(=O)CCCCNS(=O)(=O)c1cccnc1N. The third-order valence-electron chi connectivity index (χ3n) is 2.23. The number of hydrogen-bond acceptors (Lipinski definition) is 5. The van der Waals surface area contributed by atoms with E-state index in [0.29, 0.717) is 12.8 Å². The van der Waals surface area contributed by atoms with Gasteiger partial charge in [-0.1, -0.05) is 0 Å². The molecule has 1 rings (SSSR count). The molecule has 1 heterocycles. The fraction of sp³-hybridized carbons (Fsp3) is 0.400. The van der Waals surface area contributed by atoms with Crippen LogP contribution in [-0.4, -0.2) is 25.9 Å². The van der Waals surface area contributed by atoms with E-state index >= 15 is 0 Å². The summed E-state index contributed by atoms with van der Waals surface area (Å²) in [5, 5.41) is 0. The van der Waals surface area contributed by atoms with E-state index in [9.17, 15) is 13.2 Å². The molecule has 0 unspecified atom stereocenters. The van der Waals surface area contributed by atoms with E-state index in [-0.39, 0.29) is 23.7 Å². The molecule has 100 valence electrons. The number of amides is 1. The van der Waals surface area contributed by atoms with E-state index in [1.165, 1.54) is 18.3 Å². The van der Waals surface area contributed by atoms with Gasteiger partial charge in [-0.05, 0) is 25.0 Å². The average Bonchev–Trinajstić information content (AvgIpc) is 2.28. The van der Waals surface area contributed by atoms with Crippen LogP contribution in [0.25, 0.3) is 0 Å². The maximum atomic E-state index is 11.8. The summed E-state index contributed by atoms with van der Waals surface area (Å²) in [5.41, 5.74) is 10.5. The maximum absolute atomic E-state index is 11.8. The monoisotopic (exact) mass is 272 g/mol. The van der Waals surface area contributed by atoms with Crippen LogP contribution in [0.1, 0.15) is 19.3 Å². The standard InChI is InChI=1S/C10H16N4O3S/c11-9(15)5-1-2-7-14-18(16,17)8-4-3-6-13-10(8)12/h3-4,6,14H,1-2,5,7H2,(H2,11,15)(H2,12,13). The minimum atomic E-state index is -3.65. The first kappa shape index (κ1) is 14.4. The normalized spacial score (nSPS) is 11.3. The fourth-order valence-electron chi connectivity index (χ4n) is 1.34. The Hall–Kier alpha value is -1.67. The number of aromatic nitrogens is 1. The molecule has 7 nitrogen and oxygen atoms in total. The summed E-state index contributed by atoms with van der Waals surface area (Å²) < 4.78 is 26.0. The van der Waals surface area contributed by atoms with Crippen molar-refractivity contribution in [2.75, 3.05) is 12.3 Å². The Morgan fingerprint density at radius 2 is 2.11 bits per heavy atom. The van der Waals surface area contributed by atoms with Crippen molar-refractivity contribution in [1.82, 2.24) is 9.71 Å². The molecule has 0 saturated heterocycles.